The van der Waals surface area contributed by atoms with E-state index in [0.29, 0.717) is 10.8 Å². The van der Waals surface area contributed by atoms with Crippen LogP contribution in [0.5, 0.6) is 0 Å². The van der Waals surface area contributed by atoms with Crippen LogP contribution < -0.4 is 0 Å². The van der Waals surface area contributed by atoms with Crippen molar-refractivity contribution in [3.63, 3.8) is 0 Å². The molecule has 4 rings (SSSR count). The fourth-order valence-corrected chi connectivity index (χ4v) is 4.86. The summed E-state index contributed by atoms with van der Waals surface area (Å²) < 4.78 is 2.34. The lowest BCUT2D eigenvalue weighted by Gasteiger charge is -2.20. The van der Waals surface area contributed by atoms with Crippen LogP contribution in [0.25, 0.3) is 0 Å². The largest absolute Gasteiger partial charge is 0.241 e. The molecule has 4 aliphatic carbocycles. The Hall–Kier alpha value is -0.590. The Balaban J connectivity index is 1.38. The minimum absolute atomic E-state index is 0.266. The van der Waals surface area contributed by atoms with Gasteiger partial charge in [-0.15, -0.1) is 0 Å². The summed E-state index contributed by atoms with van der Waals surface area (Å²) in [4.78, 5) is 0. The summed E-state index contributed by atoms with van der Waals surface area (Å²) in [6.45, 7) is 16.2. The van der Waals surface area contributed by atoms with Crippen molar-refractivity contribution >= 4 is 6.72 Å². The normalized spacial score (nSPS) is 49.3. The number of rotatable bonds is 6. The molecule has 1 nitrogen and oxygen atoms in total. The lowest BCUT2D eigenvalue weighted by molar-refractivity contribution is -0.537. The molecule has 0 N–H and O–H groups in total. The topological polar surface area (TPSA) is 3.01 Å². The van der Waals surface area contributed by atoms with E-state index in [1.807, 2.05) is 0 Å². The molecular weight excluding hydrogens is 230 g/mol. The van der Waals surface area contributed by atoms with Gasteiger partial charge in [0.2, 0.25) is 0 Å². The first-order chi connectivity index (χ1) is 8.71. The van der Waals surface area contributed by atoms with Gasteiger partial charge in [0.15, 0.2) is 6.54 Å². The van der Waals surface area contributed by atoms with Crippen molar-refractivity contribution in [1.82, 2.24) is 0 Å². The summed E-state index contributed by atoms with van der Waals surface area (Å²) in [6, 6.07) is 0. The van der Waals surface area contributed by atoms with Gasteiger partial charge in [-0.2, -0.15) is 0 Å². The van der Waals surface area contributed by atoms with Crippen LogP contribution in [0.15, 0.2) is 11.6 Å². The summed E-state index contributed by atoms with van der Waals surface area (Å²) >= 11 is 0. The van der Waals surface area contributed by atoms with E-state index in [2.05, 4.69) is 45.1 Å². The highest BCUT2D eigenvalue weighted by atomic mass is 15.0. The van der Waals surface area contributed by atoms with Gasteiger partial charge in [-0.3, -0.25) is 0 Å². The van der Waals surface area contributed by atoms with E-state index >= 15 is 0 Å². The molecule has 0 radical (unpaired) electrons. The number of allylic oxidation sites excluding steroid dienone is 1. The third-order valence-electron chi connectivity index (χ3n) is 6.67. The van der Waals surface area contributed by atoms with Crippen LogP contribution in [-0.2, 0) is 0 Å². The SMILES string of the molecule is C=[N+](CC(C)(C)/C=C(\C)C12CC1(C)C2)CC12CC1C2. The zero-order chi connectivity index (χ0) is 13.7. The quantitative estimate of drug-likeness (QED) is 0.386. The van der Waals surface area contributed by atoms with Crippen molar-refractivity contribution in [1.29, 1.82) is 0 Å². The number of hydrogen-bond acceptors (Lipinski definition) is 0. The smallest absolute Gasteiger partial charge is 0.150 e. The predicted octanol–water partition coefficient (Wildman–Crippen LogP) is 3.88. The Kier molecular flexibility index (Phi) is 1.93. The van der Waals surface area contributed by atoms with Gasteiger partial charge < -0.3 is 0 Å². The summed E-state index contributed by atoms with van der Waals surface area (Å²) in [5.74, 6) is 1.08. The molecular formula is C18H28N+. The second kappa shape index (κ2) is 3.02. The molecule has 0 bridgehead atoms. The Bertz CT molecular complexity index is 496. The molecule has 0 heterocycles. The molecule has 0 aromatic carbocycles. The van der Waals surface area contributed by atoms with Gasteiger partial charge in [0, 0.05) is 10.8 Å². The molecule has 0 aromatic heterocycles. The minimum atomic E-state index is 0.266. The zero-order valence-electron chi connectivity index (χ0n) is 13.1. The fourth-order valence-electron chi connectivity index (χ4n) is 4.86. The van der Waals surface area contributed by atoms with Crippen molar-refractivity contribution < 1.29 is 4.58 Å². The third-order valence-corrected chi connectivity index (χ3v) is 6.67. The molecule has 0 aromatic rings. The van der Waals surface area contributed by atoms with Crippen LogP contribution in [-0.4, -0.2) is 24.4 Å². The van der Waals surface area contributed by atoms with E-state index < -0.39 is 0 Å². The average Bonchev–Trinajstić information content (AvgIpc) is 2.99. The summed E-state index contributed by atoms with van der Waals surface area (Å²) in [5, 5.41) is 0. The molecule has 1 heteroatoms. The lowest BCUT2D eigenvalue weighted by Crippen LogP contribution is -2.28. The molecule has 104 valence electrons. The Labute approximate surface area is 117 Å². The standard InChI is InChI=1S/C18H28N/c1-13(18-9-16(18,4)10-18)6-15(2,3)11-19(5)12-17-7-14(17)8-17/h6,14H,5,7-12H2,1-4H3/q+1/b13-6+. The Morgan fingerprint density at radius 2 is 1.89 bits per heavy atom. The molecule has 0 spiro atoms. The molecule has 0 atom stereocenters. The molecule has 4 aliphatic rings. The highest BCUT2D eigenvalue weighted by Gasteiger charge is 2.80. The molecule has 0 unspecified atom stereocenters. The van der Waals surface area contributed by atoms with Gasteiger partial charge in [-0.25, -0.2) is 4.58 Å². The van der Waals surface area contributed by atoms with E-state index in [4.69, 9.17) is 0 Å². The fraction of sp³-hybridized carbons (Fsp3) is 0.833. The molecule has 4 saturated carbocycles. The van der Waals surface area contributed by atoms with Crippen LogP contribution in [0.4, 0.5) is 0 Å². The maximum Gasteiger partial charge on any atom is 0.150 e. The maximum atomic E-state index is 4.29. The summed E-state index contributed by atoms with van der Waals surface area (Å²) in [6.07, 6.45) is 8.40. The zero-order valence-corrected chi connectivity index (χ0v) is 13.1. The second-order valence-electron chi connectivity index (χ2n) is 9.27. The van der Waals surface area contributed by atoms with Crippen molar-refractivity contribution in [2.45, 2.75) is 53.4 Å². The first kappa shape index (κ1) is 12.2. The van der Waals surface area contributed by atoms with Gasteiger partial charge in [0.05, 0.1) is 0 Å². The van der Waals surface area contributed by atoms with Gasteiger partial charge >= 0.3 is 0 Å². The van der Waals surface area contributed by atoms with Gasteiger partial charge in [-0.05, 0) is 49.4 Å². The van der Waals surface area contributed by atoms with E-state index in [9.17, 15) is 0 Å². The number of hydrogen-bond donors (Lipinski definition) is 0. The molecule has 19 heavy (non-hydrogen) atoms. The van der Waals surface area contributed by atoms with Crippen LogP contribution in [0, 0.1) is 27.6 Å². The molecule has 0 amide bonds. The predicted molar refractivity (Wildman–Crippen MR) is 79.6 cm³/mol. The van der Waals surface area contributed by atoms with E-state index in [1.54, 1.807) is 5.57 Å². The highest BCUT2D eigenvalue weighted by Crippen LogP contribution is 2.88. The molecule has 4 fully saturated rings. The first-order valence-electron chi connectivity index (χ1n) is 7.96. The monoisotopic (exact) mass is 258 g/mol. The van der Waals surface area contributed by atoms with Crippen molar-refractivity contribution in [2.24, 2.45) is 27.6 Å². The Morgan fingerprint density at radius 3 is 2.32 bits per heavy atom. The van der Waals surface area contributed by atoms with E-state index in [0.717, 1.165) is 17.9 Å². The van der Waals surface area contributed by atoms with E-state index in [1.165, 1.54) is 32.2 Å². The summed E-state index contributed by atoms with van der Waals surface area (Å²) in [5.41, 5.74) is 3.99. The second-order valence-corrected chi connectivity index (χ2v) is 9.27. The maximum absolute atomic E-state index is 4.29. The van der Waals surface area contributed by atoms with Crippen LogP contribution in [0.2, 0.25) is 0 Å². The van der Waals surface area contributed by atoms with Crippen molar-refractivity contribution in [2.75, 3.05) is 13.1 Å². The van der Waals surface area contributed by atoms with Gasteiger partial charge in [0.1, 0.15) is 13.3 Å². The molecule has 0 saturated heterocycles. The summed E-state index contributed by atoms with van der Waals surface area (Å²) in [7, 11) is 0. The minimum Gasteiger partial charge on any atom is -0.241 e. The van der Waals surface area contributed by atoms with Gasteiger partial charge in [0.25, 0.3) is 0 Å². The number of nitrogens with zero attached hydrogens (tertiary/aromatic N) is 1. The molecule has 0 aliphatic heterocycles. The van der Waals surface area contributed by atoms with Crippen LogP contribution in [0.3, 0.4) is 0 Å². The van der Waals surface area contributed by atoms with Crippen molar-refractivity contribution in [3.05, 3.63) is 11.6 Å². The Morgan fingerprint density at radius 1 is 1.37 bits per heavy atom. The lowest BCUT2D eigenvalue weighted by atomic mass is 9.88. The van der Waals surface area contributed by atoms with E-state index in [-0.39, 0.29) is 5.41 Å². The van der Waals surface area contributed by atoms with Gasteiger partial charge in [-0.1, -0.05) is 32.4 Å². The van der Waals surface area contributed by atoms with Crippen molar-refractivity contribution in [3.8, 4) is 0 Å². The average molecular weight is 258 g/mol. The first-order valence-corrected chi connectivity index (χ1v) is 7.96. The highest BCUT2D eigenvalue weighted by molar-refractivity contribution is 5.42. The third kappa shape index (κ3) is 1.69. The number of fused-ring (bicyclic) bond motifs is 2. The van der Waals surface area contributed by atoms with Crippen LogP contribution >= 0.6 is 0 Å². The van der Waals surface area contributed by atoms with Crippen LogP contribution in [0.1, 0.15) is 53.4 Å².